The van der Waals surface area contributed by atoms with Gasteiger partial charge >= 0.3 is 5.97 Å². The number of aromatic amines is 1. The van der Waals surface area contributed by atoms with Crippen molar-refractivity contribution in [2.24, 2.45) is 0 Å². The molecule has 3 heterocycles. The molecule has 0 atom stereocenters. The molecule has 21 heavy (non-hydrogen) atoms. The maximum absolute atomic E-state index is 10.9. The van der Waals surface area contributed by atoms with Crippen molar-refractivity contribution in [2.75, 3.05) is 0 Å². The van der Waals surface area contributed by atoms with E-state index >= 15 is 0 Å². The molecule has 0 bridgehead atoms. The Balaban J connectivity index is 1.92. The molecule has 0 amide bonds. The lowest BCUT2D eigenvalue weighted by Crippen LogP contribution is -1.95. The molecule has 0 aromatic carbocycles. The molecule has 0 saturated carbocycles. The molecule has 0 fully saturated rings. The van der Waals surface area contributed by atoms with Gasteiger partial charge in [-0.3, -0.25) is 0 Å². The average Bonchev–Trinajstić information content (AvgIpc) is 2.86. The van der Waals surface area contributed by atoms with Crippen LogP contribution in [-0.4, -0.2) is 26.0 Å². The lowest BCUT2D eigenvalue weighted by molar-refractivity contribution is 0.0691. The SMILES string of the molecule is Cc1[nH]c(C(=O)O)cc1C=Cc1ccc2cccnc2n1. The summed E-state index contributed by atoms with van der Waals surface area (Å²) in [6.07, 6.45) is 5.39. The second-order valence-electron chi connectivity index (χ2n) is 4.69. The minimum Gasteiger partial charge on any atom is -0.477 e. The fourth-order valence-corrected chi connectivity index (χ4v) is 2.10. The van der Waals surface area contributed by atoms with Gasteiger partial charge in [-0.15, -0.1) is 0 Å². The van der Waals surface area contributed by atoms with E-state index in [1.165, 1.54) is 0 Å². The van der Waals surface area contributed by atoms with E-state index in [1.54, 1.807) is 12.3 Å². The van der Waals surface area contributed by atoms with Crippen LogP contribution < -0.4 is 0 Å². The summed E-state index contributed by atoms with van der Waals surface area (Å²) in [7, 11) is 0. The van der Waals surface area contributed by atoms with Crippen LogP contribution in [0, 0.1) is 6.92 Å². The van der Waals surface area contributed by atoms with E-state index in [-0.39, 0.29) is 5.69 Å². The van der Waals surface area contributed by atoms with Crippen LogP contribution in [0.15, 0.2) is 36.5 Å². The molecule has 104 valence electrons. The number of nitrogens with one attached hydrogen (secondary N) is 1. The number of hydrogen-bond donors (Lipinski definition) is 2. The lowest BCUT2D eigenvalue weighted by Gasteiger charge is -1.97. The molecule has 0 aliphatic carbocycles. The molecular weight excluding hydrogens is 266 g/mol. The number of carboxylic acid groups (broad SMARTS) is 1. The van der Waals surface area contributed by atoms with Crippen LogP contribution in [0.1, 0.15) is 27.4 Å². The molecule has 5 nitrogen and oxygen atoms in total. The summed E-state index contributed by atoms with van der Waals surface area (Å²) >= 11 is 0. The van der Waals surface area contributed by atoms with E-state index in [0.717, 1.165) is 22.3 Å². The first-order chi connectivity index (χ1) is 10.1. The Labute approximate surface area is 121 Å². The van der Waals surface area contributed by atoms with E-state index in [9.17, 15) is 4.79 Å². The molecule has 0 aliphatic rings. The fraction of sp³-hybridized carbons (Fsp3) is 0.0625. The molecule has 0 radical (unpaired) electrons. The number of hydrogen-bond acceptors (Lipinski definition) is 3. The Kier molecular flexibility index (Phi) is 3.23. The van der Waals surface area contributed by atoms with Crippen LogP contribution in [0.25, 0.3) is 23.2 Å². The number of aromatic carboxylic acids is 1. The van der Waals surface area contributed by atoms with Gasteiger partial charge in [0, 0.05) is 17.3 Å². The summed E-state index contributed by atoms with van der Waals surface area (Å²) in [5, 5.41) is 9.94. The first-order valence-electron chi connectivity index (χ1n) is 6.46. The van der Waals surface area contributed by atoms with Gasteiger partial charge in [0.1, 0.15) is 5.69 Å². The molecule has 0 unspecified atom stereocenters. The Hall–Kier alpha value is -2.95. The van der Waals surface area contributed by atoms with Crippen molar-refractivity contribution in [1.82, 2.24) is 15.0 Å². The van der Waals surface area contributed by atoms with Gasteiger partial charge in [0.25, 0.3) is 0 Å². The van der Waals surface area contributed by atoms with E-state index < -0.39 is 5.97 Å². The van der Waals surface area contributed by atoms with Gasteiger partial charge in [-0.05, 0) is 48.9 Å². The Bertz CT molecular complexity index is 850. The zero-order valence-electron chi connectivity index (χ0n) is 11.4. The minimum absolute atomic E-state index is 0.181. The zero-order valence-corrected chi connectivity index (χ0v) is 11.4. The van der Waals surface area contributed by atoms with Gasteiger partial charge in [-0.1, -0.05) is 6.08 Å². The van der Waals surface area contributed by atoms with Gasteiger partial charge in [0.2, 0.25) is 0 Å². The number of carboxylic acids is 1. The van der Waals surface area contributed by atoms with E-state index in [2.05, 4.69) is 15.0 Å². The highest BCUT2D eigenvalue weighted by atomic mass is 16.4. The second kappa shape index (κ2) is 5.20. The molecule has 2 N–H and O–H groups in total. The van der Waals surface area contributed by atoms with E-state index in [4.69, 9.17) is 5.11 Å². The normalized spacial score (nSPS) is 11.3. The minimum atomic E-state index is -0.967. The summed E-state index contributed by atoms with van der Waals surface area (Å²) in [5.41, 5.74) is 3.29. The Morgan fingerprint density at radius 3 is 2.90 bits per heavy atom. The van der Waals surface area contributed by atoms with Crippen LogP contribution >= 0.6 is 0 Å². The number of pyridine rings is 2. The maximum Gasteiger partial charge on any atom is 0.352 e. The van der Waals surface area contributed by atoms with Crippen LogP contribution in [0.3, 0.4) is 0 Å². The first-order valence-corrected chi connectivity index (χ1v) is 6.46. The highest BCUT2D eigenvalue weighted by Gasteiger charge is 2.07. The molecular formula is C16H13N3O2. The standard InChI is InChI=1S/C16H13N3O2/c1-10-12(9-14(18-10)16(20)21)5-7-13-6-4-11-3-2-8-17-15(11)19-13/h2-9,18H,1H3,(H,20,21). The van der Waals surface area contributed by atoms with Crippen molar-refractivity contribution in [1.29, 1.82) is 0 Å². The predicted molar refractivity (Wildman–Crippen MR) is 81.0 cm³/mol. The number of nitrogens with zero attached hydrogens (tertiary/aromatic N) is 2. The number of rotatable bonds is 3. The monoisotopic (exact) mass is 279 g/mol. The molecule has 5 heteroatoms. The predicted octanol–water partition coefficient (Wildman–Crippen LogP) is 3.13. The van der Waals surface area contributed by atoms with Gasteiger partial charge in [0.15, 0.2) is 5.65 Å². The van der Waals surface area contributed by atoms with Crippen LogP contribution in [-0.2, 0) is 0 Å². The molecule has 0 spiro atoms. The topological polar surface area (TPSA) is 78.9 Å². The van der Waals surface area contributed by atoms with Crippen LogP contribution in [0.4, 0.5) is 0 Å². The van der Waals surface area contributed by atoms with Crippen LogP contribution in [0.2, 0.25) is 0 Å². The fourth-order valence-electron chi connectivity index (χ4n) is 2.10. The maximum atomic E-state index is 10.9. The third-order valence-corrected chi connectivity index (χ3v) is 3.20. The molecule has 0 aliphatic heterocycles. The summed E-state index contributed by atoms with van der Waals surface area (Å²) in [5.74, 6) is -0.967. The lowest BCUT2D eigenvalue weighted by atomic mass is 10.2. The number of fused-ring (bicyclic) bond motifs is 1. The van der Waals surface area contributed by atoms with E-state index in [0.29, 0.717) is 5.65 Å². The van der Waals surface area contributed by atoms with Crippen molar-refractivity contribution < 1.29 is 9.90 Å². The Morgan fingerprint density at radius 2 is 2.14 bits per heavy atom. The number of H-pyrrole nitrogens is 1. The number of aromatic nitrogens is 3. The quantitative estimate of drug-likeness (QED) is 0.772. The first kappa shape index (κ1) is 13.1. The van der Waals surface area contributed by atoms with Gasteiger partial charge < -0.3 is 10.1 Å². The third kappa shape index (κ3) is 2.67. The van der Waals surface area contributed by atoms with Crippen molar-refractivity contribution in [2.45, 2.75) is 6.92 Å². The summed E-state index contributed by atoms with van der Waals surface area (Å²) < 4.78 is 0. The zero-order chi connectivity index (χ0) is 14.8. The van der Waals surface area contributed by atoms with E-state index in [1.807, 2.05) is 43.3 Å². The van der Waals surface area contributed by atoms with Crippen molar-refractivity contribution >= 4 is 29.2 Å². The summed E-state index contributed by atoms with van der Waals surface area (Å²) in [6.45, 7) is 1.83. The van der Waals surface area contributed by atoms with Gasteiger partial charge in [-0.2, -0.15) is 0 Å². The van der Waals surface area contributed by atoms with Crippen molar-refractivity contribution in [3.05, 3.63) is 59.2 Å². The largest absolute Gasteiger partial charge is 0.477 e. The Morgan fingerprint density at radius 1 is 1.29 bits per heavy atom. The molecule has 0 saturated heterocycles. The number of carbonyl (C=O) groups is 1. The molecule has 3 rings (SSSR count). The average molecular weight is 279 g/mol. The highest BCUT2D eigenvalue weighted by Crippen LogP contribution is 2.15. The molecule has 3 aromatic rings. The van der Waals surface area contributed by atoms with Gasteiger partial charge in [-0.25, -0.2) is 14.8 Å². The van der Waals surface area contributed by atoms with Crippen LogP contribution in [0.5, 0.6) is 0 Å². The molecule has 3 aromatic heterocycles. The van der Waals surface area contributed by atoms with Gasteiger partial charge in [0.05, 0.1) is 5.69 Å². The summed E-state index contributed by atoms with van der Waals surface area (Å²) in [4.78, 5) is 22.4. The number of aryl methyl sites for hydroxylation is 1. The smallest absolute Gasteiger partial charge is 0.352 e. The third-order valence-electron chi connectivity index (χ3n) is 3.20. The summed E-state index contributed by atoms with van der Waals surface area (Å²) in [6, 6.07) is 9.30. The second-order valence-corrected chi connectivity index (χ2v) is 4.69. The highest BCUT2D eigenvalue weighted by molar-refractivity contribution is 5.87. The van der Waals surface area contributed by atoms with Crippen molar-refractivity contribution in [3.63, 3.8) is 0 Å². The van der Waals surface area contributed by atoms with Crippen molar-refractivity contribution in [3.8, 4) is 0 Å².